The van der Waals surface area contributed by atoms with Gasteiger partial charge in [-0.05, 0) is 24.1 Å². The number of ketones is 1. The van der Waals surface area contributed by atoms with Crippen LogP contribution in [0.15, 0.2) is 42.7 Å². The Morgan fingerprint density at radius 1 is 1.18 bits per heavy atom. The molecule has 0 spiro atoms. The van der Waals surface area contributed by atoms with Crippen LogP contribution in [0.25, 0.3) is 11.1 Å². The zero-order valence-electron chi connectivity index (χ0n) is 9.48. The smallest absolute Gasteiger partial charge is 0.142 e. The summed E-state index contributed by atoms with van der Waals surface area (Å²) < 4.78 is 13.0. The van der Waals surface area contributed by atoms with Gasteiger partial charge < -0.3 is 0 Å². The quantitative estimate of drug-likeness (QED) is 0.809. The fourth-order valence-corrected chi connectivity index (χ4v) is 1.67. The normalized spacial score (nSPS) is 10.2. The third kappa shape index (κ3) is 2.97. The molecule has 1 aromatic heterocycles. The Balaban J connectivity index is 2.26. The Kier molecular flexibility index (Phi) is 3.28. The zero-order valence-corrected chi connectivity index (χ0v) is 9.48. The van der Waals surface area contributed by atoms with Crippen molar-refractivity contribution in [2.75, 3.05) is 0 Å². The first-order valence-corrected chi connectivity index (χ1v) is 5.34. The molecule has 0 unspecified atom stereocenters. The van der Waals surface area contributed by atoms with Gasteiger partial charge in [-0.15, -0.1) is 0 Å². The number of carbonyl (C=O) groups is 1. The fraction of sp³-hybridized carbons (Fsp3) is 0.143. The van der Waals surface area contributed by atoms with E-state index >= 15 is 0 Å². The van der Waals surface area contributed by atoms with Crippen LogP contribution >= 0.6 is 0 Å². The van der Waals surface area contributed by atoms with Gasteiger partial charge in [-0.25, -0.2) is 4.39 Å². The van der Waals surface area contributed by atoms with Gasteiger partial charge in [0, 0.05) is 18.2 Å². The van der Waals surface area contributed by atoms with Crippen molar-refractivity contribution in [3.8, 4) is 11.1 Å². The highest BCUT2D eigenvalue weighted by Crippen LogP contribution is 2.19. The number of carbonyl (C=O) groups excluding carboxylic acids is 1. The molecule has 2 aromatic rings. The monoisotopic (exact) mass is 229 g/mol. The summed E-state index contributed by atoms with van der Waals surface area (Å²) >= 11 is 0. The van der Waals surface area contributed by atoms with E-state index in [1.807, 2.05) is 24.3 Å². The van der Waals surface area contributed by atoms with Gasteiger partial charge in [0.05, 0.1) is 6.20 Å². The summed E-state index contributed by atoms with van der Waals surface area (Å²) in [5, 5.41) is 0. The molecule has 2 rings (SSSR count). The van der Waals surface area contributed by atoms with E-state index in [0.717, 1.165) is 16.7 Å². The van der Waals surface area contributed by atoms with Crippen LogP contribution in [0.3, 0.4) is 0 Å². The van der Waals surface area contributed by atoms with E-state index in [1.165, 1.54) is 12.3 Å². The number of aromatic nitrogens is 1. The molecular formula is C14H12FNO. The first kappa shape index (κ1) is 11.5. The lowest BCUT2D eigenvalue weighted by molar-refractivity contribution is -0.116. The van der Waals surface area contributed by atoms with Crippen LogP contribution in [0.1, 0.15) is 12.5 Å². The number of Topliss-reactive ketones (excluding diaryl/α,β-unsaturated/α-hetero) is 1. The van der Waals surface area contributed by atoms with Crippen molar-refractivity contribution < 1.29 is 9.18 Å². The van der Waals surface area contributed by atoms with Crippen molar-refractivity contribution in [3.05, 3.63) is 54.1 Å². The van der Waals surface area contributed by atoms with Crippen molar-refractivity contribution in [1.29, 1.82) is 0 Å². The minimum atomic E-state index is -0.352. The molecule has 86 valence electrons. The van der Waals surface area contributed by atoms with Gasteiger partial charge in [0.2, 0.25) is 0 Å². The lowest BCUT2D eigenvalue weighted by Gasteiger charge is -2.03. The van der Waals surface area contributed by atoms with Crippen LogP contribution in [-0.2, 0) is 11.2 Å². The van der Waals surface area contributed by atoms with Crippen LogP contribution in [-0.4, -0.2) is 10.8 Å². The zero-order chi connectivity index (χ0) is 12.3. The molecule has 0 bridgehead atoms. The highest BCUT2D eigenvalue weighted by atomic mass is 19.1. The molecule has 0 aliphatic heterocycles. The molecule has 0 N–H and O–H groups in total. The maximum atomic E-state index is 13.0. The molecule has 0 fully saturated rings. The van der Waals surface area contributed by atoms with E-state index in [2.05, 4.69) is 4.98 Å². The highest BCUT2D eigenvalue weighted by Gasteiger charge is 2.01. The van der Waals surface area contributed by atoms with Crippen LogP contribution in [0.4, 0.5) is 4.39 Å². The lowest BCUT2D eigenvalue weighted by Crippen LogP contribution is -1.95. The number of hydrogen-bond donors (Lipinski definition) is 0. The van der Waals surface area contributed by atoms with Crippen molar-refractivity contribution in [3.63, 3.8) is 0 Å². The molecular weight excluding hydrogens is 217 g/mol. The number of benzene rings is 1. The lowest BCUT2D eigenvalue weighted by atomic mass is 10.0. The van der Waals surface area contributed by atoms with Crippen LogP contribution in [0, 0.1) is 5.82 Å². The molecule has 0 saturated carbocycles. The summed E-state index contributed by atoms with van der Waals surface area (Å²) in [5.74, 6) is -0.222. The van der Waals surface area contributed by atoms with Crippen LogP contribution in [0.5, 0.6) is 0 Å². The largest absolute Gasteiger partial charge is 0.300 e. The van der Waals surface area contributed by atoms with Gasteiger partial charge in [0.15, 0.2) is 0 Å². The topological polar surface area (TPSA) is 30.0 Å². The molecule has 3 heteroatoms. The predicted molar refractivity (Wildman–Crippen MR) is 64.0 cm³/mol. The summed E-state index contributed by atoms with van der Waals surface area (Å²) in [6, 6.07) is 8.93. The Morgan fingerprint density at radius 3 is 2.47 bits per heavy atom. The third-order valence-corrected chi connectivity index (χ3v) is 2.45. The summed E-state index contributed by atoms with van der Waals surface area (Å²) in [7, 11) is 0. The van der Waals surface area contributed by atoms with Crippen LogP contribution < -0.4 is 0 Å². The van der Waals surface area contributed by atoms with Gasteiger partial charge in [0.1, 0.15) is 11.6 Å². The summed E-state index contributed by atoms with van der Waals surface area (Å²) in [5.41, 5.74) is 2.59. The fourth-order valence-electron chi connectivity index (χ4n) is 1.67. The van der Waals surface area contributed by atoms with Crippen molar-refractivity contribution >= 4 is 5.78 Å². The molecule has 1 aromatic carbocycles. The number of rotatable bonds is 3. The van der Waals surface area contributed by atoms with Gasteiger partial charge in [-0.2, -0.15) is 0 Å². The van der Waals surface area contributed by atoms with Crippen molar-refractivity contribution in [2.24, 2.45) is 0 Å². The number of nitrogens with zero attached hydrogens (tertiary/aromatic N) is 1. The van der Waals surface area contributed by atoms with Crippen molar-refractivity contribution in [2.45, 2.75) is 13.3 Å². The van der Waals surface area contributed by atoms with Gasteiger partial charge in [0.25, 0.3) is 0 Å². The Morgan fingerprint density at radius 2 is 1.88 bits per heavy atom. The minimum Gasteiger partial charge on any atom is -0.300 e. The van der Waals surface area contributed by atoms with Gasteiger partial charge >= 0.3 is 0 Å². The standard InChI is InChI=1S/C14H12FNO/c1-10(17)6-11-2-4-12(5-3-11)13-7-14(15)9-16-8-13/h2-5,7-9H,6H2,1H3. The number of hydrogen-bond acceptors (Lipinski definition) is 2. The Labute approximate surface area is 99.1 Å². The third-order valence-electron chi connectivity index (χ3n) is 2.45. The molecule has 1 heterocycles. The summed E-state index contributed by atoms with van der Waals surface area (Å²) in [4.78, 5) is 14.8. The second-order valence-electron chi connectivity index (χ2n) is 3.97. The van der Waals surface area contributed by atoms with Gasteiger partial charge in [-0.3, -0.25) is 9.78 Å². The van der Waals surface area contributed by atoms with E-state index in [1.54, 1.807) is 13.1 Å². The van der Waals surface area contributed by atoms with E-state index in [4.69, 9.17) is 0 Å². The summed E-state index contributed by atoms with van der Waals surface area (Å²) in [6.45, 7) is 1.56. The predicted octanol–water partition coefficient (Wildman–Crippen LogP) is 3.02. The molecule has 0 atom stereocenters. The number of halogens is 1. The Bertz CT molecular complexity index is 534. The molecule has 0 aliphatic rings. The first-order chi connectivity index (χ1) is 8.15. The first-order valence-electron chi connectivity index (χ1n) is 5.34. The average Bonchev–Trinajstić information content (AvgIpc) is 2.29. The molecule has 0 saturated heterocycles. The number of pyridine rings is 1. The molecule has 2 nitrogen and oxygen atoms in total. The molecule has 17 heavy (non-hydrogen) atoms. The highest BCUT2D eigenvalue weighted by molar-refractivity contribution is 5.78. The van der Waals surface area contributed by atoms with E-state index in [-0.39, 0.29) is 11.6 Å². The second kappa shape index (κ2) is 4.87. The molecule has 0 amide bonds. The van der Waals surface area contributed by atoms with Crippen LogP contribution in [0.2, 0.25) is 0 Å². The average molecular weight is 229 g/mol. The molecule has 0 radical (unpaired) electrons. The van der Waals surface area contributed by atoms with E-state index < -0.39 is 0 Å². The Hall–Kier alpha value is -2.03. The van der Waals surface area contributed by atoms with Gasteiger partial charge in [-0.1, -0.05) is 24.3 Å². The van der Waals surface area contributed by atoms with Crippen molar-refractivity contribution in [1.82, 2.24) is 4.98 Å². The van der Waals surface area contributed by atoms with E-state index in [0.29, 0.717) is 6.42 Å². The maximum Gasteiger partial charge on any atom is 0.142 e. The summed E-state index contributed by atoms with van der Waals surface area (Å²) in [6.07, 6.45) is 3.22. The SMILES string of the molecule is CC(=O)Cc1ccc(-c2cncc(F)c2)cc1. The molecule has 0 aliphatic carbocycles. The van der Waals surface area contributed by atoms with E-state index in [9.17, 15) is 9.18 Å². The minimum absolute atomic E-state index is 0.130. The maximum absolute atomic E-state index is 13.0. The second-order valence-corrected chi connectivity index (χ2v) is 3.97.